The Morgan fingerprint density at radius 2 is 0.958 bits per heavy atom. The highest BCUT2D eigenvalue weighted by Gasteiger charge is 2.46. The molecule has 0 fully saturated rings. The Labute approximate surface area is 140 Å². The summed E-state index contributed by atoms with van der Waals surface area (Å²) in [4.78, 5) is 23.9. The third kappa shape index (κ3) is 2.95. The third-order valence-electron chi connectivity index (χ3n) is 4.63. The lowest BCUT2D eigenvalue weighted by atomic mass is 9.66. The van der Waals surface area contributed by atoms with Crippen LogP contribution < -0.4 is 0 Å². The van der Waals surface area contributed by atoms with Crippen LogP contribution in [0.3, 0.4) is 0 Å². The fraction of sp³-hybridized carbons (Fsp3) is 0.200. The minimum absolute atomic E-state index is 0.454. The molecule has 24 heavy (non-hydrogen) atoms. The van der Waals surface area contributed by atoms with Crippen LogP contribution in [-0.2, 0) is 9.59 Å². The smallest absolute Gasteiger partial charge is 0.308 e. The van der Waals surface area contributed by atoms with Crippen molar-refractivity contribution in [1.29, 1.82) is 0 Å². The SMILES string of the molecule is O=C(O)[C@@H]1[C@H](C(=O)O)[C@H](c2ccccc2)C=C[C@H]1c1ccccc1. The minimum Gasteiger partial charge on any atom is -0.481 e. The van der Waals surface area contributed by atoms with Crippen LogP contribution in [0.25, 0.3) is 0 Å². The molecule has 0 amide bonds. The van der Waals surface area contributed by atoms with Crippen LogP contribution in [0.5, 0.6) is 0 Å². The van der Waals surface area contributed by atoms with Gasteiger partial charge in [0, 0.05) is 11.8 Å². The van der Waals surface area contributed by atoms with Crippen molar-refractivity contribution in [2.45, 2.75) is 11.8 Å². The molecule has 0 radical (unpaired) electrons. The molecule has 2 aromatic carbocycles. The predicted octanol–water partition coefficient (Wildman–Crippen LogP) is 3.53. The number of carboxylic acid groups (broad SMARTS) is 2. The predicted molar refractivity (Wildman–Crippen MR) is 89.8 cm³/mol. The molecule has 0 saturated heterocycles. The van der Waals surface area contributed by atoms with Gasteiger partial charge < -0.3 is 10.2 Å². The second kappa shape index (κ2) is 6.71. The van der Waals surface area contributed by atoms with E-state index in [2.05, 4.69) is 0 Å². The summed E-state index contributed by atoms with van der Waals surface area (Å²) in [5.41, 5.74) is 1.64. The van der Waals surface area contributed by atoms with E-state index in [0.717, 1.165) is 11.1 Å². The minimum atomic E-state index is -1.08. The van der Waals surface area contributed by atoms with Gasteiger partial charge in [0.05, 0.1) is 11.8 Å². The summed E-state index contributed by atoms with van der Waals surface area (Å²) in [6.45, 7) is 0. The van der Waals surface area contributed by atoms with E-state index in [1.807, 2.05) is 72.8 Å². The number of aliphatic carboxylic acids is 2. The maximum Gasteiger partial charge on any atom is 0.308 e. The lowest BCUT2D eigenvalue weighted by Gasteiger charge is -2.35. The second-order valence-electron chi connectivity index (χ2n) is 5.99. The molecule has 1 aliphatic rings. The summed E-state index contributed by atoms with van der Waals surface area (Å²) in [6.07, 6.45) is 3.68. The second-order valence-corrected chi connectivity index (χ2v) is 5.99. The first-order valence-corrected chi connectivity index (χ1v) is 7.83. The molecule has 0 aromatic heterocycles. The molecule has 4 heteroatoms. The maximum atomic E-state index is 11.9. The van der Waals surface area contributed by atoms with E-state index in [-0.39, 0.29) is 0 Å². The van der Waals surface area contributed by atoms with E-state index in [4.69, 9.17) is 0 Å². The van der Waals surface area contributed by atoms with Gasteiger partial charge in [0.1, 0.15) is 0 Å². The van der Waals surface area contributed by atoms with Crippen molar-refractivity contribution in [2.75, 3.05) is 0 Å². The number of hydrogen-bond acceptors (Lipinski definition) is 2. The van der Waals surface area contributed by atoms with E-state index >= 15 is 0 Å². The highest BCUT2D eigenvalue weighted by molar-refractivity contribution is 5.83. The fourth-order valence-electron chi connectivity index (χ4n) is 3.53. The van der Waals surface area contributed by atoms with Gasteiger partial charge in [-0.1, -0.05) is 72.8 Å². The van der Waals surface area contributed by atoms with Crippen molar-refractivity contribution >= 4 is 11.9 Å². The Balaban J connectivity index is 2.09. The molecule has 0 spiro atoms. The van der Waals surface area contributed by atoms with E-state index in [1.165, 1.54) is 0 Å². The number of rotatable bonds is 4. The van der Waals surface area contributed by atoms with Gasteiger partial charge in [-0.15, -0.1) is 0 Å². The molecule has 0 bridgehead atoms. The summed E-state index contributed by atoms with van der Waals surface area (Å²) >= 11 is 0. The summed E-state index contributed by atoms with van der Waals surface area (Å²) < 4.78 is 0. The summed E-state index contributed by atoms with van der Waals surface area (Å²) in [6, 6.07) is 18.4. The van der Waals surface area contributed by atoms with Crippen LogP contribution >= 0.6 is 0 Å². The molecule has 2 aromatic rings. The van der Waals surface area contributed by atoms with Crippen LogP contribution in [0.4, 0.5) is 0 Å². The monoisotopic (exact) mass is 322 g/mol. The lowest BCUT2D eigenvalue weighted by molar-refractivity contribution is -0.155. The van der Waals surface area contributed by atoms with Gasteiger partial charge in [-0.3, -0.25) is 9.59 Å². The normalized spacial score (nSPS) is 26.0. The Morgan fingerprint density at radius 1 is 0.625 bits per heavy atom. The molecule has 1 aliphatic carbocycles. The van der Waals surface area contributed by atoms with Gasteiger partial charge in [0.15, 0.2) is 0 Å². The summed E-state index contributed by atoms with van der Waals surface area (Å²) in [5.74, 6) is -5.10. The molecule has 4 nitrogen and oxygen atoms in total. The topological polar surface area (TPSA) is 74.6 Å². The van der Waals surface area contributed by atoms with E-state index in [9.17, 15) is 19.8 Å². The van der Waals surface area contributed by atoms with Crippen LogP contribution in [0, 0.1) is 11.8 Å². The first-order valence-electron chi connectivity index (χ1n) is 7.83. The van der Waals surface area contributed by atoms with Crippen LogP contribution in [0.15, 0.2) is 72.8 Å². The van der Waals surface area contributed by atoms with Gasteiger partial charge in [-0.05, 0) is 11.1 Å². The van der Waals surface area contributed by atoms with Gasteiger partial charge in [-0.25, -0.2) is 0 Å². The number of allylic oxidation sites excluding steroid dienone is 2. The van der Waals surface area contributed by atoms with Gasteiger partial charge >= 0.3 is 11.9 Å². The van der Waals surface area contributed by atoms with Crippen LogP contribution in [0.2, 0.25) is 0 Å². The Morgan fingerprint density at radius 3 is 1.25 bits per heavy atom. The average molecular weight is 322 g/mol. The van der Waals surface area contributed by atoms with Crippen molar-refractivity contribution in [3.05, 3.63) is 83.9 Å². The van der Waals surface area contributed by atoms with Crippen molar-refractivity contribution in [3.63, 3.8) is 0 Å². The molecule has 4 atom stereocenters. The molecular formula is C20H18O4. The average Bonchev–Trinajstić information content (AvgIpc) is 2.61. The van der Waals surface area contributed by atoms with Crippen molar-refractivity contribution in [2.24, 2.45) is 11.8 Å². The molecule has 0 saturated carbocycles. The third-order valence-corrected chi connectivity index (χ3v) is 4.63. The van der Waals surface area contributed by atoms with Crippen LogP contribution in [-0.4, -0.2) is 22.2 Å². The first kappa shape index (κ1) is 16.0. The Bertz CT molecular complexity index is 686. The summed E-state index contributed by atoms with van der Waals surface area (Å²) in [7, 11) is 0. The number of hydrogen-bond donors (Lipinski definition) is 2. The van der Waals surface area contributed by atoms with E-state index in [1.54, 1.807) is 0 Å². The zero-order chi connectivity index (χ0) is 17.1. The standard InChI is InChI=1S/C20H18O4/c21-19(22)17-15(13-7-3-1-4-8-13)11-12-16(18(17)20(23)24)14-9-5-2-6-10-14/h1-12,15-18H,(H,21,22)(H,23,24)/t15-,16-,17-,18+/m0/s1. The van der Waals surface area contributed by atoms with Crippen molar-refractivity contribution < 1.29 is 19.8 Å². The van der Waals surface area contributed by atoms with Gasteiger partial charge in [0.2, 0.25) is 0 Å². The molecule has 2 N–H and O–H groups in total. The molecular weight excluding hydrogens is 304 g/mol. The van der Waals surface area contributed by atoms with Crippen LogP contribution in [0.1, 0.15) is 23.0 Å². The molecule has 0 unspecified atom stereocenters. The zero-order valence-electron chi connectivity index (χ0n) is 12.9. The zero-order valence-corrected chi connectivity index (χ0v) is 12.9. The largest absolute Gasteiger partial charge is 0.481 e. The highest BCUT2D eigenvalue weighted by atomic mass is 16.4. The Kier molecular flexibility index (Phi) is 4.47. The van der Waals surface area contributed by atoms with E-state index in [0.29, 0.717) is 0 Å². The number of benzene rings is 2. The molecule has 122 valence electrons. The molecule has 3 rings (SSSR count). The molecule has 0 aliphatic heterocycles. The van der Waals surface area contributed by atoms with Crippen molar-refractivity contribution in [1.82, 2.24) is 0 Å². The quantitative estimate of drug-likeness (QED) is 0.845. The number of carbonyl (C=O) groups is 2. The number of carboxylic acids is 2. The lowest BCUT2D eigenvalue weighted by Crippen LogP contribution is -2.39. The fourth-order valence-corrected chi connectivity index (χ4v) is 3.53. The van der Waals surface area contributed by atoms with Gasteiger partial charge in [0.25, 0.3) is 0 Å². The maximum absolute atomic E-state index is 11.9. The van der Waals surface area contributed by atoms with E-state index < -0.39 is 35.6 Å². The highest BCUT2D eigenvalue weighted by Crippen LogP contribution is 2.44. The Hall–Kier alpha value is -2.88. The molecule has 0 heterocycles. The van der Waals surface area contributed by atoms with Crippen molar-refractivity contribution in [3.8, 4) is 0 Å². The van der Waals surface area contributed by atoms with Gasteiger partial charge in [-0.2, -0.15) is 0 Å². The first-order chi connectivity index (χ1) is 11.6. The summed E-state index contributed by atoms with van der Waals surface area (Å²) in [5, 5.41) is 19.5.